The van der Waals surface area contributed by atoms with Crippen molar-refractivity contribution in [1.29, 1.82) is 0 Å². The summed E-state index contributed by atoms with van der Waals surface area (Å²) in [4.78, 5) is 25.1. The Morgan fingerprint density at radius 1 is 1.22 bits per heavy atom. The summed E-state index contributed by atoms with van der Waals surface area (Å²) in [5, 5.41) is 2.66. The average molecular weight is 250 g/mol. The number of hydrogen-bond donors (Lipinski definition) is 1. The number of nitrogens with one attached hydrogen (secondary N) is 1. The number of carbonyl (C=O) groups excluding carboxylic acids is 2. The zero-order valence-electron chi connectivity index (χ0n) is 10.4. The Morgan fingerprint density at radius 3 is 2.33 bits per heavy atom. The standard InChI is InChI=1S/C13H15FN2O2/c1-3-13(4-2)11(17)16(12(18)15-13)10-8-6-5-7-9(10)14/h5-8H,3-4H2,1-2H3,(H,15,18). The van der Waals surface area contributed by atoms with Crippen molar-refractivity contribution in [2.24, 2.45) is 0 Å². The van der Waals surface area contributed by atoms with Crippen LogP contribution in [-0.2, 0) is 4.79 Å². The smallest absolute Gasteiger partial charge is 0.323 e. The van der Waals surface area contributed by atoms with Crippen molar-refractivity contribution in [3.05, 3.63) is 30.1 Å². The molecule has 1 fully saturated rings. The fourth-order valence-electron chi connectivity index (χ4n) is 2.20. The molecule has 0 aliphatic carbocycles. The van der Waals surface area contributed by atoms with Gasteiger partial charge in [-0.25, -0.2) is 14.1 Å². The molecule has 1 aromatic rings. The van der Waals surface area contributed by atoms with E-state index in [0.29, 0.717) is 12.8 Å². The highest BCUT2D eigenvalue weighted by Gasteiger charge is 2.49. The molecule has 1 aliphatic rings. The van der Waals surface area contributed by atoms with Crippen molar-refractivity contribution in [3.63, 3.8) is 0 Å². The highest BCUT2D eigenvalue weighted by atomic mass is 19.1. The molecule has 2 rings (SSSR count). The number of nitrogens with zero attached hydrogens (tertiary/aromatic N) is 1. The summed E-state index contributed by atoms with van der Waals surface area (Å²) in [6.07, 6.45) is 0.970. The van der Waals surface area contributed by atoms with Gasteiger partial charge in [-0.05, 0) is 25.0 Å². The Balaban J connectivity index is 2.45. The first-order chi connectivity index (χ1) is 8.55. The number of benzene rings is 1. The minimum Gasteiger partial charge on any atom is -0.323 e. The van der Waals surface area contributed by atoms with Crippen LogP contribution in [0, 0.1) is 5.82 Å². The molecular formula is C13H15FN2O2. The van der Waals surface area contributed by atoms with E-state index in [-0.39, 0.29) is 11.6 Å². The topological polar surface area (TPSA) is 49.4 Å². The van der Waals surface area contributed by atoms with Gasteiger partial charge in [0.2, 0.25) is 0 Å². The van der Waals surface area contributed by atoms with E-state index in [9.17, 15) is 14.0 Å². The van der Waals surface area contributed by atoms with Crippen molar-refractivity contribution in [2.45, 2.75) is 32.2 Å². The number of halogens is 1. The molecule has 0 aromatic heterocycles. The quantitative estimate of drug-likeness (QED) is 0.838. The maximum absolute atomic E-state index is 13.7. The molecule has 18 heavy (non-hydrogen) atoms. The van der Waals surface area contributed by atoms with E-state index in [1.54, 1.807) is 6.07 Å². The number of urea groups is 1. The average Bonchev–Trinajstić information content (AvgIpc) is 2.62. The van der Waals surface area contributed by atoms with Crippen LogP contribution in [-0.4, -0.2) is 17.5 Å². The first kappa shape index (κ1) is 12.5. The lowest BCUT2D eigenvalue weighted by atomic mass is 9.93. The predicted molar refractivity (Wildman–Crippen MR) is 65.7 cm³/mol. The maximum Gasteiger partial charge on any atom is 0.329 e. The van der Waals surface area contributed by atoms with Crippen LogP contribution in [0.2, 0.25) is 0 Å². The molecule has 1 aromatic carbocycles. The van der Waals surface area contributed by atoms with E-state index in [4.69, 9.17) is 0 Å². The van der Waals surface area contributed by atoms with Gasteiger partial charge in [0, 0.05) is 0 Å². The fourth-order valence-corrected chi connectivity index (χ4v) is 2.20. The van der Waals surface area contributed by atoms with Crippen molar-refractivity contribution < 1.29 is 14.0 Å². The second kappa shape index (κ2) is 4.40. The van der Waals surface area contributed by atoms with Crippen LogP contribution in [0.4, 0.5) is 14.9 Å². The van der Waals surface area contributed by atoms with Crippen LogP contribution in [0.1, 0.15) is 26.7 Å². The SMILES string of the molecule is CCC1(CC)NC(=O)N(c2ccccc2F)C1=O. The Morgan fingerprint density at radius 2 is 1.83 bits per heavy atom. The van der Waals surface area contributed by atoms with E-state index in [0.717, 1.165) is 4.90 Å². The Kier molecular flexibility index (Phi) is 3.07. The van der Waals surface area contributed by atoms with Gasteiger partial charge in [-0.2, -0.15) is 0 Å². The molecule has 0 bridgehead atoms. The van der Waals surface area contributed by atoms with Crippen LogP contribution in [0.5, 0.6) is 0 Å². The van der Waals surface area contributed by atoms with Gasteiger partial charge in [0.15, 0.2) is 0 Å². The fraction of sp³-hybridized carbons (Fsp3) is 0.385. The third kappa shape index (κ3) is 1.66. The molecule has 0 unspecified atom stereocenters. The van der Waals surface area contributed by atoms with E-state index >= 15 is 0 Å². The number of imide groups is 1. The molecule has 3 amide bonds. The van der Waals surface area contributed by atoms with Gasteiger partial charge in [0.05, 0.1) is 5.69 Å². The highest BCUT2D eigenvalue weighted by molar-refractivity contribution is 6.23. The Labute approximate surface area is 105 Å². The van der Waals surface area contributed by atoms with E-state index in [2.05, 4.69) is 5.32 Å². The number of carbonyl (C=O) groups is 2. The molecule has 96 valence electrons. The van der Waals surface area contributed by atoms with Gasteiger partial charge in [-0.15, -0.1) is 0 Å². The highest BCUT2D eigenvalue weighted by Crippen LogP contribution is 2.30. The molecule has 1 saturated heterocycles. The second-order valence-electron chi connectivity index (χ2n) is 4.31. The number of amides is 3. The lowest BCUT2D eigenvalue weighted by Gasteiger charge is -2.23. The zero-order valence-corrected chi connectivity index (χ0v) is 10.4. The number of hydrogen-bond acceptors (Lipinski definition) is 2. The molecule has 1 aliphatic heterocycles. The number of rotatable bonds is 3. The lowest BCUT2D eigenvalue weighted by Crippen LogP contribution is -2.45. The largest absolute Gasteiger partial charge is 0.329 e. The summed E-state index contributed by atoms with van der Waals surface area (Å²) in [6.45, 7) is 3.65. The normalized spacial score (nSPS) is 18.1. The zero-order chi connectivity index (χ0) is 13.3. The van der Waals surface area contributed by atoms with E-state index in [1.807, 2.05) is 13.8 Å². The maximum atomic E-state index is 13.7. The van der Waals surface area contributed by atoms with Crippen LogP contribution in [0.25, 0.3) is 0 Å². The van der Waals surface area contributed by atoms with Gasteiger partial charge in [0.25, 0.3) is 5.91 Å². The van der Waals surface area contributed by atoms with Gasteiger partial charge in [-0.3, -0.25) is 4.79 Å². The van der Waals surface area contributed by atoms with E-state index in [1.165, 1.54) is 18.2 Å². The summed E-state index contributed by atoms with van der Waals surface area (Å²) in [5.74, 6) is -0.966. The predicted octanol–water partition coefficient (Wildman–Crippen LogP) is 2.44. The first-order valence-electron chi connectivity index (χ1n) is 5.97. The van der Waals surface area contributed by atoms with Crippen molar-refractivity contribution in [3.8, 4) is 0 Å². The van der Waals surface area contributed by atoms with Crippen LogP contribution >= 0.6 is 0 Å². The molecule has 0 radical (unpaired) electrons. The molecule has 1 heterocycles. The first-order valence-corrected chi connectivity index (χ1v) is 5.97. The third-order valence-corrected chi connectivity index (χ3v) is 3.46. The second-order valence-corrected chi connectivity index (χ2v) is 4.31. The Hall–Kier alpha value is -1.91. The van der Waals surface area contributed by atoms with E-state index < -0.39 is 17.4 Å². The minimum atomic E-state index is -0.903. The molecular weight excluding hydrogens is 235 g/mol. The summed E-state index contributed by atoms with van der Waals surface area (Å²) in [5.41, 5.74) is -0.900. The summed E-state index contributed by atoms with van der Waals surface area (Å²) in [6, 6.07) is 5.21. The van der Waals surface area contributed by atoms with Crippen molar-refractivity contribution >= 4 is 17.6 Å². The summed E-state index contributed by atoms with van der Waals surface area (Å²) < 4.78 is 13.7. The van der Waals surface area contributed by atoms with Crippen LogP contribution in [0.3, 0.4) is 0 Å². The van der Waals surface area contributed by atoms with Crippen LogP contribution in [0.15, 0.2) is 24.3 Å². The minimum absolute atomic E-state index is 0.00350. The molecule has 0 spiro atoms. The molecule has 1 N–H and O–H groups in total. The lowest BCUT2D eigenvalue weighted by molar-refractivity contribution is -0.122. The van der Waals surface area contributed by atoms with Gasteiger partial charge >= 0.3 is 6.03 Å². The summed E-state index contributed by atoms with van der Waals surface area (Å²) >= 11 is 0. The van der Waals surface area contributed by atoms with Crippen molar-refractivity contribution in [1.82, 2.24) is 5.32 Å². The van der Waals surface area contributed by atoms with Crippen LogP contribution < -0.4 is 10.2 Å². The van der Waals surface area contributed by atoms with Gasteiger partial charge in [0.1, 0.15) is 11.4 Å². The monoisotopic (exact) mass is 250 g/mol. The third-order valence-electron chi connectivity index (χ3n) is 3.46. The molecule has 5 heteroatoms. The van der Waals surface area contributed by atoms with Gasteiger partial charge in [-0.1, -0.05) is 26.0 Å². The number of anilines is 1. The Bertz CT molecular complexity index is 498. The molecule has 0 atom stereocenters. The molecule has 4 nitrogen and oxygen atoms in total. The molecule has 0 saturated carbocycles. The van der Waals surface area contributed by atoms with Crippen molar-refractivity contribution in [2.75, 3.05) is 4.90 Å². The number of para-hydroxylation sites is 1. The van der Waals surface area contributed by atoms with Gasteiger partial charge < -0.3 is 5.32 Å². The summed E-state index contributed by atoms with van der Waals surface area (Å²) in [7, 11) is 0.